The number of aromatic nitrogens is 1. The highest BCUT2D eigenvalue weighted by Gasteiger charge is 2.35. The van der Waals surface area contributed by atoms with Crippen molar-refractivity contribution in [3.8, 4) is 5.88 Å². The van der Waals surface area contributed by atoms with Crippen LogP contribution in [0.4, 0.5) is 13.2 Å². The summed E-state index contributed by atoms with van der Waals surface area (Å²) >= 11 is 0. The monoisotopic (exact) mass is 367 g/mol. The standard InChI is InChI=1S/C18H16F3NO4/c1-24-11-14(17(23)25-2)13-7-4-3-6-12(13)10-26-16-15(18(19,20)21)8-5-9-22-16/h3-9,11H,10H2,1-2H3/b14-11-. The molecule has 0 radical (unpaired) electrons. The van der Waals surface area contributed by atoms with Crippen LogP contribution >= 0.6 is 0 Å². The third-order valence-electron chi connectivity index (χ3n) is 3.39. The van der Waals surface area contributed by atoms with E-state index in [9.17, 15) is 18.0 Å². The zero-order valence-electron chi connectivity index (χ0n) is 14.0. The van der Waals surface area contributed by atoms with Crippen LogP contribution < -0.4 is 4.74 Å². The molecule has 0 bridgehead atoms. The number of esters is 1. The van der Waals surface area contributed by atoms with Crippen molar-refractivity contribution in [1.82, 2.24) is 4.98 Å². The molecule has 0 saturated carbocycles. The highest BCUT2D eigenvalue weighted by Crippen LogP contribution is 2.35. The van der Waals surface area contributed by atoms with Crippen LogP contribution in [0.1, 0.15) is 16.7 Å². The van der Waals surface area contributed by atoms with E-state index in [1.165, 1.54) is 32.7 Å². The Morgan fingerprint density at radius 3 is 2.54 bits per heavy atom. The molecule has 0 spiro atoms. The average Bonchev–Trinajstić information content (AvgIpc) is 2.63. The number of ether oxygens (including phenoxy) is 3. The number of alkyl halides is 3. The predicted octanol–water partition coefficient (Wildman–Crippen LogP) is 3.84. The molecular weight excluding hydrogens is 351 g/mol. The highest BCUT2D eigenvalue weighted by atomic mass is 19.4. The summed E-state index contributed by atoms with van der Waals surface area (Å²) in [5.74, 6) is -1.18. The molecule has 0 saturated heterocycles. The van der Waals surface area contributed by atoms with Crippen molar-refractivity contribution >= 4 is 11.5 Å². The van der Waals surface area contributed by atoms with Gasteiger partial charge in [-0.1, -0.05) is 24.3 Å². The van der Waals surface area contributed by atoms with E-state index in [1.54, 1.807) is 24.3 Å². The highest BCUT2D eigenvalue weighted by molar-refractivity contribution is 6.16. The summed E-state index contributed by atoms with van der Waals surface area (Å²) in [7, 11) is 2.58. The van der Waals surface area contributed by atoms with E-state index >= 15 is 0 Å². The Morgan fingerprint density at radius 1 is 1.15 bits per heavy atom. The summed E-state index contributed by atoms with van der Waals surface area (Å²) in [6.45, 7) is -0.228. The van der Waals surface area contributed by atoms with Gasteiger partial charge in [-0.15, -0.1) is 0 Å². The number of carbonyl (C=O) groups is 1. The Balaban J connectivity index is 2.33. The Morgan fingerprint density at radius 2 is 1.88 bits per heavy atom. The largest absolute Gasteiger partial charge is 0.503 e. The van der Waals surface area contributed by atoms with E-state index in [1.807, 2.05) is 0 Å². The van der Waals surface area contributed by atoms with Gasteiger partial charge in [0.15, 0.2) is 0 Å². The first-order valence-electron chi connectivity index (χ1n) is 7.43. The quantitative estimate of drug-likeness (QED) is 0.441. The third-order valence-corrected chi connectivity index (χ3v) is 3.39. The number of hydrogen-bond donors (Lipinski definition) is 0. The molecule has 2 rings (SSSR count). The molecule has 0 aliphatic carbocycles. The minimum absolute atomic E-state index is 0.117. The normalized spacial score (nSPS) is 11.8. The summed E-state index contributed by atoms with van der Waals surface area (Å²) < 4.78 is 54.0. The number of carbonyl (C=O) groups excluding carboxylic acids is 1. The lowest BCUT2D eigenvalue weighted by Crippen LogP contribution is -2.11. The van der Waals surface area contributed by atoms with Crippen LogP contribution in [0.2, 0.25) is 0 Å². The number of halogens is 3. The topological polar surface area (TPSA) is 57.7 Å². The summed E-state index contributed by atoms with van der Waals surface area (Å²) in [6, 6.07) is 8.65. The van der Waals surface area contributed by atoms with Gasteiger partial charge in [0, 0.05) is 6.20 Å². The second-order valence-corrected chi connectivity index (χ2v) is 5.06. The van der Waals surface area contributed by atoms with Gasteiger partial charge in [0.25, 0.3) is 0 Å². The van der Waals surface area contributed by atoms with Crippen LogP contribution in [-0.4, -0.2) is 25.2 Å². The van der Waals surface area contributed by atoms with Crippen LogP contribution in [0.5, 0.6) is 5.88 Å². The molecule has 0 amide bonds. The molecule has 0 fully saturated rings. The molecule has 2 aromatic rings. The summed E-state index contributed by atoms with van der Waals surface area (Å²) in [5, 5.41) is 0. The van der Waals surface area contributed by atoms with Crippen LogP contribution in [0.25, 0.3) is 5.57 Å². The van der Waals surface area contributed by atoms with Gasteiger partial charge in [-0.3, -0.25) is 0 Å². The fraction of sp³-hybridized carbons (Fsp3) is 0.222. The Hall–Kier alpha value is -3.03. The number of methoxy groups -OCH3 is 2. The van der Waals surface area contributed by atoms with E-state index in [0.29, 0.717) is 11.1 Å². The van der Waals surface area contributed by atoms with Crippen molar-refractivity contribution < 1.29 is 32.2 Å². The van der Waals surface area contributed by atoms with Gasteiger partial charge in [-0.2, -0.15) is 13.2 Å². The minimum Gasteiger partial charge on any atom is -0.503 e. The molecule has 26 heavy (non-hydrogen) atoms. The minimum atomic E-state index is -4.59. The first-order chi connectivity index (χ1) is 12.4. The van der Waals surface area contributed by atoms with Gasteiger partial charge in [-0.25, -0.2) is 9.78 Å². The summed E-state index contributed by atoms with van der Waals surface area (Å²) in [5.41, 5.74) is 0.0371. The van der Waals surface area contributed by atoms with E-state index in [4.69, 9.17) is 14.2 Å². The molecule has 1 aromatic heterocycles. The molecule has 8 heteroatoms. The van der Waals surface area contributed by atoms with Crippen LogP contribution in [0, 0.1) is 0 Å². The molecule has 138 valence electrons. The fourth-order valence-electron chi connectivity index (χ4n) is 2.23. The molecule has 0 aliphatic heterocycles. The van der Waals surface area contributed by atoms with E-state index in [-0.39, 0.29) is 12.2 Å². The number of hydrogen-bond acceptors (Lipinski definition) is 5. The zero-order chi connectivity index (χ0) is 19.2. The van der Waals surface area contributed by atoms with Gasteiger partial charge in [0.2, 0.25) is 5.88 Å². The van der Waals surface area contributed by atoms with Crippen molar-refractivity contribution in [3.63, 3.8) is 0 Å². The van der Waals surface area contributed by atoms with Crippen LogP contribution in [0.15, 0.2) is 48.9 Å². The van der Waals surface area contributed by atoms with Gasteiger partial charge in [0.1, 0.15) is 17.7 Å². The van der Waals surface area contributed by atoms with Crippen molar-refractivity contribution in [2.24, 2.45) is 0 Å². The van der Waals surface area contributed by atoms with Gasteiger partial charge in [0.05, 0.1) is 20.5 Å². The third kappa shape index (κ3) is 4.53. The maximum atomic E-state index is 13.0. The molecule has 0 unspecified atom stereocenters. The lowest BCUT2D eigenvalue weighted by Gasteiger charge is -2.15. The predicted molar refractivity (Wildman–Crippen MR) is 87.0 cm³/mol. The van der Waals surface area contributed by atoms with Crippen molar-refractivity contribution in [3.05, 3.63) is 65.5 Å². The Bertz CT molecular complexity index is 803. The van der Waals surface area contributed by atoms with Gasteiger partial charge >= 0.3 is 12.1 Å². The number of benzene rings is 1. The lowest BCUT2D eigenvalue weighted by molar-refractivity contribution is -0.139. The molecule has 1 aromatic carbocycles. The van der Waals surface area contributed by atoms with Crippen molar-refractivity contribution in [1.29, 1.82) is 0 Å². The summed E-state index contributed by atoms with van der Waals surface area (Å²) in [4.78, 5) is 15.6. The second kappa shape index (κ2) is 8.37. The average molecular weight is 367 g/mol. The molecular formula is C18H16F3NO4. The van der Waals surface area contributed by atoms with E-state index in [0.717, 1.165) is 6.07 Å². The van der Waals surface area contributed by atoms with E-state index in [2.05, 4.69) is 4.98 Å². The Kier molecular flexibility index (Phi) is 6.21. The Labute approximate surface area is 148 Å². The lowest BCUT2D eigenvalue weighted by atomic mass is 10.0. The number of nitrogens with zero attached hydrogens (tertiary/aromatic N) is 1. The number of rotatable bonds is 6. The molecule has 1 heterocycles. The second-order valence-electron chi connectivity index (χ2n) is 5.06. The smallest absolute Gasteiger partial charge is 0.421 e. The molecule has 5 nitrogen and oxygen atoms in total. The number of pyridine rings is 1. The van der Waals surface area contributed by atoms with Crippen LogP contribution in [0.3, 0.4) is 0 Å². The van der Waals surface area contributed by atoms with Crippen molar-refractivity contribution in [2.45, 2.75) is 12.8 Å². The maximum Gasteiger partial charge on any atom is 0.421 e. The van der Waals surface area contributed by atoms with Gasteiger partial charge in [-0.05, 0) is 23.3 Å². The first kappa shape index (κ1) is 19.3. The maximum absolute atomic E-state index is 13.0. The molecule has 0 atom stereocenters. The van der Waals surface area contributed by atoms with Gasteiger partial charge < -0.3 is 14.2 Å². The van der Waals surface area contributed by atoms with Crippen molar-refractivity contribution in [2.75, 3.05) is 14.2 Å². The van der Waals surface area contributed by atoms with E-state index < -0.39 is 23.6 Å². The first-order valence-corrected chi connectivity index (χ1v) is 7.43. The SMILES string of the molecule is CO/C=C(\C(=O)OC)c1ccccc1COc1ncccc1C(F)(F)F. The molecule has 0 N–H and O–H groups in total. The fourth-order valence-corrected chi connectivity index (χ4v) is 2.23. The van der Waals surface area contributed by atoms with Crippen LogP contribution in [-0.2, 0) is 27.1 Å². The molecule has 0 aliphatic rings. The summed E-state index contributed by atoms with van der Waals surface area (Å²) in [6.07, 6.45) is -2.18. The zero-order valence-corrected chi connectivity index (χ0v) is 14.0.